The Bertz CT molecular complexity index is 456. The molecule has 1 aromatic heterocycles. The van der Waals surface area contributed by atoms with Crippen molar-refractivity contribution in [1.29, 1.82) is 5.26 Å². The minimum Gasteiger partial charge on any atom is -0.327 e. The van der Waals surface area contributed by atoms with Crippen molar-refractivity contribution >= 4 is 22.2 Å². The summed E-state index contributed by atoms with van der Waals surface area (Å²) in [6.45, 7) is 2.69. The zero-order valence-corrected chi connectivity index (χ0v) is 11.9. The van der Waals surface area contributed by atoms with Crippen molar-refractivity contribution in [2.45, 2.75) is 32.1 Å². The van der Waals surface area contributed by atoms with E-state index in [1.165, 1.54) is 48.3 Å². The number of carbonyl (C=O) groups excluding carboxylic acids is 1. The molecule has 0 saturated carbocycles. The number of nitrogens with zero attached hydrogens (tertiary/aromatic N) is 1. The number of rotatable bonds is 3. The van der Waals surface area contributed by atoms with E-state index in [-0.39, 0.29) is 5.91 Å². The normalized spacial score (nSPS) is 17.2. The molecule has 19 heavy (non-hydrogen) atoms. The fourth-order valence-electron chi connectivity index (χ4n) is 2.47. The van der Waals surface area contributed by atoms with Crippen molar-refractivity contribution in [3.05, 3.63) is 17.0 Å². The average Bonchev–Trinajstić information content (AvgIpc) is 2.79. The number of nitrogens with one attached hydrogen (secondary N) is 2. The maximum absolute atomic E-state index is 12.0. The van der Waals surface area contributed by atoms with Crippen LogP contribution in [0.5, 0.6) is 0 Å². The lowest BCUT2D eigenvalue weighted by atomic mass is 10.1. The second-order valence-corrected chi connectivity index (χ2v) is 5.93. The van der Waals surface area contributed by atoms with Gasteiger partial charge in [-0.3, -0.25) is 4.79 Å². The topological polar surface area (TPSA) is 57.3 Å². The predicted octanol–water partition coefficient (Wildman–Crippen LogP) is 1.41. The van der Waals surface area contributed by atoms with Gasteiger partial charge in [-0.05, 0) is 37.1 Å². The quantitative estimate of drug-likeness (QED) is 0.878. The van der Waals surface area contributed by atoms with Gasteiger partial charge in [0.2, 0.25) is 0 Å². The van der Waals surface area contributed by atoms with Gasteiger partial charge in [-0.25, -0.2) is 0 Å². The highest BCUT2D eigenvalue weighted by molar-refractivity contribution is 7.14. The number of carbonyl (C=O) groups is 1. The number of nitriles is 1. The van der Waals surface area contributed by atoms with Gasteiger partial charge < -0.3 is 10.2 Å². The summed E-state index contributed by atoms with van der Waals surface area (Å²) in [6, 6.07) is 3.83. The number of thiophene rings is 1. The zero-order chi connectivity index (χ0) is 13.5. The molecule has 1 aromatic rings. The summed E-state index contributed by atoms with van der Waals surface area (Å²) >= 11 is 1.41. The van der Waals surface area contributed by atoms with Crippen LogP contribution in [0.25, 0.3) is 0 Å². The van der Waals surface area contributed by atoms with Crippen LogP contribution in [0.2, 0.25) is 0 Å². The first-order chi connectivity index (χ1) is 9.29. The van der Waals surface area contributed by atoms with Gasteiger partial charge >= 0.3 is 0 Å². The molecule has 2 heterocycles. The van der Waals surface area contributed by atoms with Gasteiger partial charge in [0, 0.05) is 0 Å². The van der Waals surface area contributed by atoms with E-state index < -0.39 is 0 Å². The molecule has 2 N–H and O–H groups in total. The second-order valence-electron chi connectivity index (χ2n) is 5.02. The van der Waals surface area contributed by atoms with E-state index in [0.29, 0.717) is 17.1 Å². The molecular weight excluding hydrogens is 258 g/mol. The third-order valence-corrected chi connectivity index (χ3v) is 4.34. The number of quaternary nitrogens is 1. The lowest BCUT2D eigenvalue weighted by Crippen LogP contribution is -3.13. The van der Waals surface area contributed by atoms with E-state index in [2.05, 4.69) is 11.4 Å². The summed E-state index contributed by atoms with van der Waals surface area (Å²) < 4.78 is 0. The Balaban J connectivity index is 1.85. The van der Waals surface area contributed by atoms with E-state index in [9.17, 15) is 4.79 Å². The third kappa shape index (κ3) is 4.34. The number of hydrogen-bond donors (Lipinski definition) is 2. The lowest BCUT2D eigenvalue weighted by molar-refractivity contribution is -0.892. The first-order valence-corrected chi connectivity index (χ1v) is 7.78. The molecule has 0 bridgehead atoms. The highest BCUT2D eigenvalue weighted by Gasteiger charge is 2.16. The van der Waals surface area contributed by atoms with Crippen molar-refractivity contribution in [3.63, 3.8) is 0 Å². The summed E-state index contributed by atoms with van der Waals surface area (Å²) in [5.74, 6) is 0.0227. The van der Waals surface area contributed by atoms with Gasteiger partial charge in [-0.1, -0.05) is 6.42 Å². The van der Waals surface area contributed by atoms with Crippen molar-refractivity contribution in [1.82, 2.24) is 0 Å². The van der Waals surface area contributed by atoms with Gasteiger partial charge in [0.05, 0.1) is 18.7 Å². The van der Waals surface area contributed by atoms with Crippen molar-refractivity contribution < 1.29 is 9.69 Å². The van der Waals surface area contributed by atoms with Crippen LogP contribution in [-0.2, 0) is 4.79 Å². The molecule has 1 aliphatic rings. The van der Waals surface area contributed by atoms with Gasteiger partial charge in [0.1, 0.15) is 11.1 Å². The highest BCUT2D eigenvalue weighted by Crippen LogP contribution is 2.21. The van der Waals surface area contributed by atoms with Gasteiger partial charge in [-0.2, -0.15) is 5.26 Å². The Morgan fingerprint density at radius 3 is 2.68 bits per heavy atom. The molecule has 0 unspecified atom stereocenters. The first-order valence-electron chi connectivity index (χ1n) is 6.90. The summed E-state index contributed by atoms with van der Waals surface area (Å²) in [5, 5.41) is 14.3. The summed E-state index contributed by atoms with van der Waals surface area (Å²) in [4.78, 5) is 13.4. The maximum Gasteiger partial charge on any atom is 0.280 e. The Morgan fingerprint density at radius 2 is 2.00 bits per heavy atom. The monoisotopic (exact) mass is 278 g/mol. The zero-order valence-electron chi connectivity index (χ0n) is 11.1. The third-order valence-electron chi connectivity index (χ3n) is 3.51. The maximum atomic E-state index is 12.0. The van der Waals surface area contributed by atoms with Gasteiger partial charge in [0.15, 0.2) is 6.54 Å². The summed E-state index contributed by atoms with van der Waals surface area (Å²) in [5.41, 5.74) is 0.556. The molecule has 4 nitrogen and oxygen atoms in total. The number of hydrogen-bond acceptors (Lipinski definition) is 3. The Morgan fingerprint density at radius 1 is 1.32 bits per heavy atom. The minimum atomic E-state index is 0.0227. The van der Waals surface area contributed by atoms with Crippen molar-refractivity contribution in [2.24, 2.45) is 0 Å². The van der Waals surface area contributed by atoms with Crippen molar-refractivity contribution in [3.8, 4) is 6.07 Å². The predicted molar refractivity (Wildman–Crippen MR) is 76.3 cm³/mol. The van der Waals surface area contributed by atoms with Crippen LogP contribution in [0.15, 0.2) is 11.4 Å². The molecule has 102 valence electrons. The summed E-state index contributed by atoms with van der Waals surface area (Å²) in [6.07, 6.45) is 6.33. The standard InChI is InChI=1S/C14H19N3OS/c15-10-12-6-9-19-14(12)16-13(18)11-17-7-4-2-1-3-5-8-17/h6,9H,1-5,7-8,11H2,(H,16,18)/p+1. The molecule has 0 atom stereocenters. The van der Waals surface area contributed by atoms with E-state index in [1.54, 1.807) is 6.07 Å². The van der Waals surface area contributed by atoms with Crippen LogP contribution >= 0.6 is 11.3 Å². The van der Waals surface area contributed by atoms with Crippen LogP contribution in [0.4, 0.5) is 5.00 Å². The van der Waals surface area contributed by atoms with E-state index in [1.807, 2.05) is 5.38 Å². The fraction of sp³-hybridized carbons (Fsp3) is 0.571. The molecule has 5 heteroatoms. The number of amides is 1. The molecule has 0 radical (unpaired) electrons. The van der Waals surface area contributed by atoms with Crippen LogP contribution in [0.1, 0.15) is 37.7 Å². The van der Waals surface area contributed by atoms with Crippen LogP contribution in [0, 0.1) is 11.3 Å². The molecular formula is C14H20N3OS+. The SMILES string of the molecule is N#Cc1ccsc1NC(=O)C[NH+]1CCCCCCC1. The average molecular weight is 278 g/mol. The summed E-state index contributed by atoms with van der Waals surface area (Å²) in [7, 11) is 0. The Hall–Kier alpha value is -1.38. The minimum absolute atomic E-state index is 0.0227. The van der Waals surface area contributed by atoms with Crippen LogP contribution < -0.4 is 10.2 Å². The highest BCUT2D eigenvalue weighted by atomic mass is 32.1. The Labute approximate surface area is 118 Å². The molecule has 1 saturated heterocycles. The molecule has 1 fully saturated rings. The second kappa shape index (κ2) is 7.27. The van der Waals surface area contributed by atoms with E-state index in [4.69, 9.17) is 5.26 Å². The van der Waals surface area contributed by atoms with E-state index >= 15 is 0 Å². The molecule has 2 rings (SSSR count). The van der Waals surface area contributed by atoms with Crippen molar-refractivity contribution in [2.75, 3.05) is 25.0 Å². The number of anilines is 1. The molecule has 0 aromatic carbocycles. The smallest absolute Gasteiger partial charge is 0.280 e. The van der Waals surface area contributed by atoms with Crippen LogP contribution in [0.3, 0.4) is 0 Å². The molecule has 1 amide bonds. The molecule has 0 spiro atoms. The fourth-order valence-corrected chi connectivity index (χ4v) is 3.23. The Kier molecular flexibility index (Phi) is 5.37. The van der Waals surface area contributed by atoms with Crippen LogP contribution in [-0.4, -0.2) is 25.5 Å². The van der Waals surface area contributed by atoms with Gasteiger partial charge in [0.25, 0.3) is 5.91 Å². The lowest BCUT2D eigenvalue weighted by Gasteiger charge is -2.21. The molecule has 1 aliphatic heterocycles. The van der Waals surface area contributed by atoms with E-state index in [0.717, 1.165) is 13.1 Å². The van der Waals surface area contributed by atoms with Gasteiger partial charge in [-0.15, -0.1) is 11.3 Å². The first kappa shape index (κ1) is 14.0. The molecule has 0 aliphatic carbocycles. The number of likely N-dealkylation sites (tertiary alicyclic amines) is 1. The largest absolute Gasteiger partial charge is 0.327 e.